The number of sulfonamides is 1. The van der Waals surface area contributed by atoms with Crippen molar-refractivity contribution in [2.24, 2.45) is 0 Å². The van der Waals surface area contributed by atoms with Gasteiger partial charge in [-0.15, -0.1) is 11.3 Å². The molecule has 3 rings (SSSR count). The van der Waals surface area contributed by atoms with Crippen molar-refractivity contribution in [3.05, 3.63) is 42.0 Å². The number of benzene rings is 1. The molecule has 41 heavy (non-hydrogen) atoms. The normalized spacial score (nSPS) is 13.9. The van der Waals surface area contributed by atoms with Gasteiger partial charge in [0.2, 0.25) is 10.0 Å². The molecule has 0 saturated carbocycles. The Morgan fingerprint density at radius 1 is 1.00 bits per heavy atom. The van der Waals surface area contributed by atoms with Gasteiger partial charge in [0.15, 0.2) is 0 Å². The molecule has 0 aliphatic carbocycles. The molecular weight excluding hydrogens is 550 g/mol. The highest BCUT2D eigenvalue weighted by atomic mass is 32.2. The van der Waals surface area contributed by atoms with E-state index in [4.69, 9.17) is 54.2 Å². The fraction of sp³-hybridized carbons (Fsp3) is 0.421. The summed E-state index contributed by atoms with van der Waals surface area (Å²) in [5.74, 6) is -1.24. The molecule has 2 heterocycles. The number of urea groups is 1. The summed E-state index contributed by atoms with van der Waals surface area (Å²) in [7, 11) is 36.4. The Balaban J connectivity index is 0.000000415. The number of nitrogens with one attached hydrogen (secondary N) is 1. The summed E-state index contributed by atoms with van der Waals surface area (Å²) in [5, 5.41) is 3.36. The lowest BCUT2D eigenvalue weighted by atomic mass is 8.53. The standard InChI is InChI=1S/C19H23F2N3O3S2.B12/c1-3-29(26,27)24-8-6-16(7-9-24)23(2)19(25)22-18-5-4-17(28-18)13-10-14(20)12-15(21)11-13;1-8(2)11(7)12(9(3)4)10(5)6/h4-5,10-12,16H,3,6-9H2,1-2H3,(H,22,25);. The molecule has 1 saturated heterocycles. The van der Waals surface area contributed by atoms with Gasteiger partial charge in [-0.2, -0.15) is 0 Å². The van der Waals surface area contributed by atoms with Crippen LogP contribution in [0, 0.1) is 11.6 Å². The van der Waals surface area contributed by atoms with E-state index in [1.807, 2.05) is 0 Å². The molecule has 2 aromatic rings. The molecule has 1 aromatic carbocycles. The van der Waals surface area contributed by atoms with E-state index in [0.717, 1.165) is 6.07 Å². The van der Waals surface area contributed by atoms with Crippen molar-refractivity contribution in [1.29, 1.82) is 0 Å². The third-order valence-electron chi connectivity index (χ3n) is 6.81. The Morgan fingerprint density at radius 3 is 1.98 bits per heavy atom. The van der Waals surface area contributed by atoms with Crippen molar-refractivity contribution < 1.29 is 22.0 Å². The third kappa shape index (κ3) is 10.4. The van der Waals surface area contributed by atoms with Crippen LogP contribution in [0.2, 0.25) is 0 Å². The van der Waals surface area contributed by atoms with Crippen LogP contribution >= 0.6 is 11.3 Å². The molecule has 0 atom stereocenters. The first-order valence-electron chi connectivity index (χ1n) is 12.9. The third-order valence-corrected chi connectivity index (χ3v) is 9.74. The van der Waals surface area contributed by atoms with Crippen molar-refractivity contribution in [1.82, 2.24) is 9.21 Å². The lowest BCUT2D eigenvalue weighted by Gasteiger charge is -2.35. The van der Waals surface area contributed by atoms with Gasteiger partial charge >= 0.3 is 6.03 Å². The minimum Gasteiger partial charge on any atom is -0.324 e. The van der Waals surface area contributed by atoms with Gasteiger partial charge < -0.3 is 4.90 Å². The summed E-state index contributed by atoms with van der Waals surface area (Å²) >= 11 is 1.22. The number of carbonyl (C=O) groups excluding carboxylic acids is 1. The first-order valence-corrected chi connectivity index (χ1v) is 15.4. The predicted molar refractivity (Wildman–Crippen MR) is 180 cm³/mol. The van der Waals surface area contributed by atoms with Gasteiger partial charge in [-0.3, -0.25) is 5.32 Å². The Morgan fingerprint density at radius 2 is 1.54 bits per heavy atom. The van der Waals surface area contributed by atoms with Crippen LogP contribution in [0.5, 0.6) is 0 Å². The molecule has 1 fully saturated rings. The molecule has 0 spiro atoms. The summed E-state index contributed by atoms with van der Waals surface area (Å²) < 4.78 is 52.2. The van der Waals surface area contributed by atoms with E-state index in [9.17, 15) is 22.0 Å². The van der Waals surface area contributed by atoms with Crippen LogP contribution < -0.4 is 5.32 Å². The van der Waals surface area contributed by atoms with Gasteiger partial charge in [-0.1, -0.05) is 0 Å². The van der Waals surface area contributed by atoms with Crippen molar-refractivity contribution in [3.8, 4) is 10.4 Å². The average Bonchev–Trinajstić information content (AvgIpc) is 3.36. The fourth-order valence-electron chi connectivity index (χ4n) is 4.33. The summed E-state index contributed by atoms with van der Waals surface area (Å²) in [5.41, 5.74) is 0.408. The first-order chi connectivity index (χ1) is 19.1. The minimum absolute atomic E-state index is 0.0601. The Hall–Kier alpha value is -1.26. The van der Waals surface area contributed by atoms with Crippen LogP contribution in [0.3, 0.4) is 0 Å². The quantitative estimate of drug-likeness (QED) is 0.408. The zero-order valence-electron chi connectivity index (χ0n) is 23.1. The van der Waals surface area contributed by atoms with E-state index < -0.39 is 53.6 Å². The van der Waals surface area contributed by atoms with Crippen LogP contribution in [-0.2, 0) is 10.0 Å². The van der Waals surface area contributed by atoms with Gasteiger partial charge in [0.05, 0.1) is 10.8 Å². The van der Waals surface area contributed by atoms with Crippen LogP contribution in [-0.4, -0.2) is 142 Å². The van der Waals surface area contributed by atoms with E-state index in [2.05, 4.69) is 5.32 Å². The summed E-state index contributed by atoms with van der Waals surface area (Å²) in [6.07, 6.45) is -2.08. The number of nitrogens with zero attached hydrogens (tertiary/aromatic N) is 2. The highest BCUT2D eigenvalue weighted by Crippen LogP contribution is 2.32. The minimum atomic E-state index is -3.21. The van der Waals surface area contributed by atoms with E-state index in [1.54, 1.807) is 31.0 Å². The molecule has 6 nitrogen and oxygen atoms in total. The largest absolute Gasteiger partial charge is 0.324 e. The van der Waals surface area contributed by atoms with Gasteiger partial charge in [0.25, 0.3) is 0 Å². The topological polar surface area (TPSA) is 69.7 Å². The summed E-state index contributed by atoms with van der Waals surface area (Å²) in [6, 6.07) is 6.31. The molecule has 22 heteroatoms. The molecular formula is C19H23B12F2N3O3S2. The number of rotatable bonds is 9. The monoisotopic (exact) mass is 575 g/mol. The zero-order chi connectivity index (χ0) is 31.1. The number of hydrogen-bond acceptors (Lipinski definition) is 4. The van der Waals surface area contributed by atoms with Crippen LogP contribution in [0.25, 0.3) is 10.4 Å². The maximum Gasteiger partial charge on any atom is 0.322 e. The second-order valence-electron chi connectivity index (χ2n) is 9.78. The molecule has 0 bridgehead atoms. The molecule has 194 valence electrons. The summed E-state index contributed by atoms with van der Waals surface area (Å²) in [6.45, 7) is 2.41. The van der Waals surface area contributed by atoms with Crippen LogP contribution in [0.15, 0.2) is 30.3 Å². The van der Waals surface area contributed by atoms with Gasteiger partial charge in [0, 0.05) is 123 Å². The smallest absolute Gasteiger partial charge is 0.322 e. The Bertz CT molecular complexity index is 1220. The maximum absolute atomic E-state index is 13.4. The van der Waals surface area contributed by atoms with E-state index in [0.29, 0.717) is 41.4 Å². The Labute approximate surface area is 258 Å². The molecule has 1 aromatic heterocycles. The SMILES string of the molecule is CCS(=O)(=O)N1CCC(N(C)C(=O)Nc2ccc(-c3cc(F)cc(F)c3)s2)CC1.[B]B([B])B([B])B(B([B])[B])B([B])[B]. The predicted octanol–water partition coefficient (Wildman–Crippen LogP) is -0.598. The maximum atomic E-state index is 13.4. The molecule has 1 aliphatic rings. The number of halogens is 2. The van der Waals surface area contributed by atoms with E-state index in [1.165, 1.54) is 27.8 Å². The second kappa shape index (κ2) is 16.0. The molecule has 2 amide bonds. The average molecular weight is 573 g/mol. The number of amides is 2. The second-order valence-corrected chi connectivity index (χ2v) is 13.1. The van der Waals surface area contributed by atoms with Crippen molar-refractivity contribution in [2.45, 2.75) is 25.8 Å². The van der Waals surface area contributed by atoms with Crippen molar-refractivity contribution in [2.75, 3.05) is 31.2 Å². The first kappa shape index (κ1) is 35.9. The fourth-order valence-corrected chi connectivity index (χ4v) is 6.35. The number of thiophene rings is 1. The number of piperidine rings is 1. The molecule has 14 radical (unpaired) electrons. The number of hydrogen-bond donors (Lipinski definition) is 1. The van der Waals surface area contributed by atoms with Gasteiger partial charge in [-0.05, 0) is 49.6 Å². The van der Waals surface area contributed by atoms with Gasteiger partial charge in [0.1, 0.15) is 11.6 Å². The Kier molecular flexibility index (Phi) is 14.0. The van der Waals surface area contributed by atoms with Crippen molar-refractivity contribution >= 4 is 118 Å². The molecule has 1 aliphatic heterocycles. The van der Waals surface area contributed by atoms with Crippen LogP contribution in [0.4, 0.5) is 18.6 Å². The van der Waals surface area contributed by atoms with Gasteiger partial charge in [-0.25, -0.2) is 26.3 Å². The lowest BCUT2D eigenvalue weighted by molar-refractivity contribution is 0.174. The highest BCUT2D eigenvalue weighted by molar-refractivity contribution is 8.05. The zero-order valence-corrected chi connectivity index (χ0v) is 24.8. The number of anilines is 1. The van der Waals surface area contributed by atoms with E-state index in [-0.39, 0.29) is 17.8 Å². The molecule has 1 N–H and O–H groups in total. The van der Waals surface area contributed by atoms with E-state index >= 15 is 0 Å². The summed E-state index contributed by atoms with van der Waals surface area (Å²) in [4.78, 5) is 14.8. The van der Waals surface area contributed by atoms with Crippen LogP contribution in [0.1, 0.15) is 19.8 Å². The molecule has 0 unspecified atom stereocenters. The van der Waals surface area contributed by atoms with Crippen molar-refractivity contribution in [3.63, 3.8) is 0 Å². The highest BCUT2D eigenvalue weighted by Gasteiger charge is 2.31. The number of carbonyl (C=O) groups is 1. The lowest BCUT2D eigenvalue weighted by Crippen LogP contribution is -2.67.